The van der Waals surface area contributed by atoms with Gasteiger partial charge in [-0.05, 0) is 46.7 Å². The molecule has 0 atom stereocenters. The van der Waals surface area contributed by atoms with E-state index >= 15 is 0 Å². The van der Waals surface area contributed by atoms with Gasteiger partial charge >= 0.3 is 0 Å². The van der Waals surface area contributed by atoms with Crippen molar-refractivity contribution in [2.24, 2.45) is 0 Å². The van der Waals surface area contributed by atoms with Crippen LogP contribution in [0.15, 0.2) is 42.5 Å². The second-order valence-electron chi connectivity index (χ2n) is 6.60. The van der Waals surface area contributed by atoms with Gasteiger partial charge in [-0.3, -0.25) is 0 Å². The van der Waals surface area contributed by atoms with E-state index in [4.69, 9.17) is 11.6 Å². The lowest BCUT2D eigenvalue weighted by atomic mass is 9.92. The average molecular weight is 340 g/mol. The Labute approximate surface area is 148 Å². The van der Waals surface area contributed by atoms with Gasteiger partial charge in [-0.25, -0.2) is 4.98 Å². The van der Waals surface area contributed by atoms with Gasteiger partial charge in [-0.1, -0.05) is 58.0 Å². The Morgan fingerprint density at radius 3 is 2.08 bits per heavy atom. The molecule has 0 saturated heterocycles. The van der Waals surface area contributed by atoms with E-state index in [2.05, 4.69) is 61.2 Å². The molecule has 0 spiro atoms. The molecular weight excluding hydrogens is 318 g/mol. The number of hydrogen-bond acceptors (Lipinski definition) is 3. The number of fused-ring (bicyclic) bond motifs is 1. The quantitative estimate of drug-likeness (QED) is 0.569. The van der Waals surface area contributed by atoms with Gasteiger partial charge in [0.2, 0.25) is 5.28 Å². The minimum Gasteiger partial charge on any atom is -0.339 e. The molecule has 3 aromatic rings. The molecular formula is C20H22ClN3. The Kier molecular flexibility index (Phi) is 4.72. The van der Waals surface area contributed by atoms with Crippen LogP contribution >= 0.6 is 11.6 Å². The molecule has 0 aliphatic rings. The second-order valence-corrected chi connectivity index (χ2v) is 6.94. The summed E-state index contributed by atoms with van der Waals surface area (Å²) in [7, 11) is 0. The van der Waals surface area contributed by atoms with Crippen LogP contribution in [0, 0.1) is 0 Å². The van der Waals surface area contributed by atoms with Crippen molar-refractivity contribution in [1.29, 1.82) is 0 Å². The number of rotatable bonds is 4. The molecule has 1 aromatic heterocycles. The molecule has 24 heavy (non-hydrogen) atoms. The van der Waals surface area contributed by atoms with E-state index in [1.54, 1.807) is 0 Å². The van der Waals surface area contributed by atoms with Crippen LogP contribution in [0.2, 0.25) is 5.28 Å². The van der Waals surface area contributed by atoms with E-state index in [9.17, 15) is 0 Å². The first kappa shape index (κ1) is 16.7. The molecule has 0 bridgehead atoms. The lowest BCUT2D eigenvalue weighted by Crippen LogP contribution is -2.05. The number of aromatic nitrogens is 2. The second kappa shape index (κ2) is 6.78. The van der Waals surface area contributed by atoms with Crippen LogP contribution in [0.3, 0.4) is 0 Å². The topological polar surface area (TPSA) is 37.8 Å². The van der Waals surface area contributed by atoms with Crippen LogP contribution in [0.5, 0.6) is 0 Å². The fourth-order valence-corrected chi connectivity index (χ4v) is 3.13. The first-order chi connectivity index (χ1) is 11.5. The summed E-state index contributed by atoms with van der Waals surface area (Å²) in [6, 6.07) is 14.4. The highest BCUT2D eigenvalue weighted by Crippen LogP contribution is 2.35. The van der Waals surface area contributed by atoms with E-state index < -0.39 is 0 Å². The molecule has 0 aliphatic heterocycles. The van der Waals surface area contributed by atoms with E-state index in [0.29, 0.717) is 11.8 Å². The van der Waals surface area contributed by atoms with Gasteiger partial charge in [0, 0.05) is 11.1 Å². The largest absolute Gasteiger partial charge is 0.339 e. The van der Waals surface area contributed by atoms with Crippen molar-refractivity contribution in [3.63, 3.8) is 0 Å². The Balaban J connectivity index is 2.19. The monoisotopic (exact) mass is 339 g/mol. The van der Waals surface area contributed by atoms with Crippen molar-refractivity contribution in [3.05, 3.63) is 58.9 Å². The lowest BCUT2D eigenvalue weighted by molar-refractivity contribution is 0.838. The number of halogens is 1. The highest BCUT2D eigenvalue weighted by atomic mass is 35.5. The van der Waals surface area contributed by atoms with Crippen molar-refractivity contribution in [1.82, 2.24) is 9.97 Å². The summed E-state index contributed by atoms with van der Waals surface area (Å²) in [6.45, 7) is 8.82. The van der Waals surface area contributed by atoms with E-state index in [1.807, 2.05) is 24.3 Å². The predicted molar refractivity (Wildman–Crippen MR) is 102 cm³/mol. The molecule has 0 radical (unpaired) electrons. The maximum Gasteiger partial charge on any atom is 0.224 e. The Hall–Kier alpha value is -2.13. The zero-order chi connectivity index (χ0) is 17.3. The van der Waals surface area contributed by atoms with Crippen molar-refractivity contribution >= 4 is 34.0 Å². The molecule has 0 fully saturated rings. The normalized spacial score (nSPS) is 11.5. The summed E-state index contributed by atoms with van der Waals surface area (Å²) in [5.74, 6) is 1.57. The molecule has 0 unspecified atom stereocenters. The van der Waals surface area contributed by atoms with Gasteiger partial charge in [0.1, 0.15) is 5.82 Å². The minimum atomic E-state index is 0.254. The maximum absolute atomic E-state index is 6.13. The third kappa shape index (κ3) is 3.22. The summed E-state index contributed by atoms with van der Waals surface area (Å²) < 4.78 is 0. The van der Waals surface area contributed by atoms with Gasteiger partial charge in [0.05, 0.1) is 5.52 Å². The number of nitrogens with zero attached hydrogens (tertiary/aromatic N) is 2. The number of anilines is 2. The Morgan fingerprint density at radius 2 is 1.46 bits per heavy atom. The summed E-state index contributed by atoms with van der Waals surface area (Å²) in [5, 5.41) is 4.77. The number of benzene rings is 2. The maximum atomic E-state index is 6.13. The van der Waals surface area contributed by atoms with Crippen molar-refractivity contribution in [2.45, 2.75) is 39.5 Å². The Morgan fingerprint density at radius 1 is 0.833 bits per heavy atom. The standard InChI is InChI=1S/C20H22ClN3/c1-12(2)14-9-7-10-15(13(3)4)18(14)23-19-16-8-5-6-11-17(16)22-20(21)24-19/h5-13H,1-4H3,(H,22,23,24). The van der Waals surface area contributed by atoms with Crippen LogP contribution in [0.4, 0.5) is 11.5 Å². The molecule has 2 aromatic carbocycles. The zero-order valence-electron chi connectivity index (χ0n) is 14.5. The fraction of sp³-hybridized carbons (Fsp3) is 0.300. The zero-order valence-corrected chi connectivity index (χ0v) is 15.2. The molecule has 1 heterocycles. The molecule has 0 amide bonds. The molecule has 0 aliphatic carbocycles. The van der Waals surface area contributed by atoms with Crippen LogP contribution in [-0.2, 0) is 0 Å². The van der Waals surface area contributed by atoms with E-state index in [-0.39, 0.29) is 5.28 Å². The fourth-order valence-electron chi connectivity index (χ4n) is 2.96. The number of para-hydroxylation sites is 2. The molecule has 4 heteroatoms. The van der Waals surface area contributed by atoms with Gasteiger partial charge < -0.3 is 5.32 Å². The van der Waals surface area contributed by atoms with Crippen molar-refractivity contribution < 1.29 is 0 Å². The van der Waals surface area contributed by atoms with Crippen LogP contribution in [-0.4, -0.2) is 9.97 Å². The number of hydrogen-bond donors (Lipinski definition) is 1. The molecule has 0 saturated carbocycles. The summed E-state index contributed by atoms with van der Waals surface area (Å²) in [5.41, 5.74) is 4.52. The Bertz CT molecular complexity index is 846. The van der Waals surface area contributed by atoms with Crippen LogP contribution in [0.25, 0.3) is 10.9 Å². The van der Waals surface area contributed by atoms with Gasteiger partial charge in [-0.15, -0.1) is 0 Å². The van der Waals surface area contributed by atoms with Crippen LogP contribution in [0.1, 0.15) is 50.7 Å². The first-order valence-corrected chi connectivity index (χ1v) is 8.67. The summed E-state index contributed by atoms with van der Waals surface area (Å²) >= 11 is 6.13. The first-order valence-electron chi connectivity index (χ1n) is 8.29. The minimum absolute atomic E-state index is 0.254. The van der Waals surface area contributed by atoms with E-state index in [0.717, 1.165) is 22.4 Å². The SMILES string of the molecule is CC(C)c1cccc(C(C)C)c1Nc1nc(Cl)nc2ccccc12. The molecule has 3 nitrogen and oxygen atoms in total. The predicted octanol–water partition coefficient (Wildman–Crippen LogP) is 6.27. The highest BCUT2D eigenvalue weighted by Gasteiger charge is 2.16. The van der Waals surface area contributed by atoms with Crippen molar-refractivity contribution in [3.8, 4) is 0 Å². The highest BCUT2D eigenvalue weighted by molar-refractivity contribution is 6.28. The number of nitrogens with one attached hydrogen (secondary N) is 1. The third-order valence-electron chi connectivity index (χ3n) is 4.19. The lowest BCUT2D eigenvalue weighted by Gasteiger charge is -2.21. The van der Waals surface area contributed by atoms with Gasteiger partial charge in [-0.2, -0.15) is 4.98 Å². The van der Waals surface area contributed by atoms with Gasteiger partial charge in [0.15, 0.2) is 0 Å². The van der Waals surface area contributed by atoms with Crippen molar-refractivity contribution in [2.75, 3.05) is 5.32 Å². The molecule has 124 valence electrons. The van der Waals surface area contributed by atoms with E-state index in [1.165, 1.54) is 11.1 Å². The average Bonchev–Trinajstić information content (AvgIpc) is 2.54. The molecule has 3 rings (SSSR count). The van der Waals surface area contributed by atoms with Gasteiger partial charge in [0.25, 0.3) is 0 Å². The summed E-state index contributed by atoms with van der Waals surface area (Å²) in [4.78, 5) is 8.75. The molecule has 1 N–H and O–H groups in total. The third-order valence-corrected chi connectivity index (χ3v) is 4.36. The smallest absolute Gasteiger partial charge is 0.224 e. The van der Waals surface area contributed by atoms with Crippen LogP contribution < -0.4 is 5.32 Å². The summed E-state index contributed by atoms with van der Waals surface area (Å²) in [6.07, 6.45) is 0.